The van der Waals surface area contributed by atoms with Gasteiger partial charge in [0.15, 0.2) is 0 Å². The van der Waals surface area contributed by atoms with Gasteiger partial charge in [0, 0.05) is 17.1 Å². The number of nitrogens with zero attached hydrogens (tertiary/aromatic N) is 3. The van der Waals surface area contributed by atoms with E-state index in [-0.39, 0.29) is 16.8 Å². The number of benzene rings is 1. The summed E-state index contributed by atoms with van der Waals surface area (Å²) >= 11 is 0. The van der Waals surface area contributed by atoms with Crippen LogP contribution in [0.5, 0.6) is 0 Å². The van der Waals surface area contributed by atoms with Crippen LogP contribution in [-0.2, 0) is 14.8 Å². The second kappa shape index (κ2) is 7.67. The predicted octanol–water partition coefficient (Wildman–Crippen LogP) is 3.19. The van der Waals surface area contributed by atoms with Gasteiger partial charge >= 0.3 is 0 Å². The molecule has 0 saturated carbocycles. The third-order valence-corrected chi connectivity index (χ3v) is 8.03. The Hall–Kier alpha value is -2.45. The lowest BCUT2D eigenvalue weighted by Gasteiger charge is -2.53. The van der Waals surface area contributed by atoms with E-state index < -0.39 is 21.1 Å². The molecule has 1 aromatic carbocycles. The second-order valence-electron chi connectivity index (χ2n) is 9.05. The number of rotatable bonds is 5. The first-order valence-electron chi connectivity index (χ1n) is 9.99. The Morgan fingerprint density at radius 1 is 1.17 bits per heavy atom. The molecule has 0 atom stereocenters. The number of hydrogen-bond donors (Lipinski definition) is 1. The zero-order chi connectivity index (χ0) is 22.3. The van der Waals surface area contributed by atoms with E-state index in [2.05, 4.69) is 17.0 Å². The lowest BCUT2D eigenvalue weighted by atomic mass is 9.79. The van der Waals surface area contributed by atoms with Gasteiger partial charge in [0.2, 0.25) is 15.9 Å². The van der Waals surface area contributed by atoms with Crippen LogP contribution < -0.4 is 5.32 Å². The van der Waals surface area contributed by atoms with Crippen molar-refractivity contribution in [2.45, 2.75) is 69.5 Å². The molecule has 162 valence electrons. The highest BCUT2D eigenvalue weighted by molar-refractivity contribution is 7.89. The molecule has 0 bridgehead atoms. The van der Waals surface area contributed by atoms with Crippen LogP contribution in [-0.4, -0.2) is 45.5 Å². The molecule has 1 saturated heterocycles. The van der Waals surface area contributed by atoms with E-state index in [1.54, 1.807) is 15.9 Å². The summed E-state index contributed by atoms with van der Waals surface area (Å²) in [6.45, 7) is 12.9. The minimum absolute atomic E-state index is 0.139. The van der Waals surface area contributed by atoms with Crippen LogP contribution in [0.4, 0.5) is 0 Å². The maximum atomic E-state index is 13.8. The van der Waals surface area contributed by atoms with Crippen LogP contribution in [0.15, 0.2) is 54.1 Å². The van der Waals surface area contributed by atoms with Crippen molar-refractivity contribution in [3.8, 4) is 5.69 Å². The Kier molecular flexibility index (Phi) is 5.68. The molecule has 8 heteroatoms. The van der Waals surface area contributed by atoms with Crippen molar-refractivity contribution in [1.29, 1.82) is 0 Å². The molecule has 0 spiro atoms. The molecule has 1 aliphatic heterocycles. The number of carbonyl (C=O) groups is 1. The van der Waals surface area contributed by atoms with Gasteiger partial charge in [-0.15, -0.1) is 0 Å². The van der Waals surface area contributed by atoms with Crippen LogP contribution in [0.3, 0.4) is 0 Å². The first-order chi connectivity index (χ1) is 13.9. The highest BCUT2D eigenvalue weighted by Crippen LogP contribution is 2.43. The van der Waals surface area contributed by atoms with Gasteiger partial charge in [-0.05, 0) is 65.7 Å². The molecule has 2 aromatic rings. The Bertz CT molecular complexity index is 1040. The number of aromatic nitrogens is 2. The fourth-order valence-corrected chi connectivity index (χ4v) is 7.14. The lowest BCUT2D eigenvalue weighted by molar-refractivity contribution is -0.118. The van der Waals surface area contributed by atoms with Crippen LogP contribution in [0.2, 0.25) is 0 Å². The third kappa shape index (κ3) is 3.94. The molecule has 0 unspecified atom stereocenters. The molecule has 30 heavy (non-hydrogen) atoms. The molecule has 0 radical (unpaired) electrons. The maximum Gasteiger partial charge on any atom is 0.247 e. The van der Waals surface area contributed by atoms with Gasteiger partial charge in [0.1, 0.15) is 4.90 Å². The topological polar surface area (TPSA) is 84.3 Å². The summed E-state index contributed by atoms with van der Waals surface area (Å²) in [5.41, 5.74) is -0.0437. The zero-order valence-corrected chi connectivity index (χ0v) is 19.0. The normalized spacial score (nSPS) is 19.4. The molecule has 7 nitrogen and oxygen atoms in total. The first-order valence-corrected chi connectivity index (χ1v) is 11.4. The molecule has 1 fully saturated rings. The number of sulfonamides is 1. The van der Waals surface area contributed by atoms with E-state index in [4.69, 9.17) is 0 Å². The number of hydrogen-bond acceptors (Lipinski definition) is 4. The van der Waals surface area contributed by atoms with E-state index in [0.29, 0.717) is 18.5 Å². The van der Waals surface area contributed by atoms with Gasteiger partial charge in [-0.25, -0.2) is 13.1 Å². The molecule has 1 aromatic heterocycles. The number of para-hydroxylation sites is 1. The minimum Gasteiger partial charge on any atom is -0.350 e. The van der Waals surface area contributed by atoms with E-state index in [9.17, 15) is 13.2 Å². The van der Waals surface area contributed by atoms with E-state index >= 15 is 0 Å². The molecular formula is C22H30N4O3S. The largest absolute Gasteiger partial charge is 0.350 e. The van der Waals surface area contributed by atoms with Crippen molar-refractivity contribution in [2.24, 2.45) is 0 Å². The Labute approximate surface area is 178 Å². The number of nitrogens with one attached hydrogen (secondary N) is 1. The van der Waals surface area contributed by atoms with Crippen molar-refractivity contribution in [3.63, 3.8) is 0 Å². The van der Waals surface area contributed by atoms with Crippen molar-refractivity contribution < 1.29 is 13.2 Å². The Morgan fingerprint density at radius 2 is 1.73 bits per heavy atom. The smallest absolute Gasteiger partial charge is 0.247 e. The van der Waals surface area contributed by atoms with Crippen molar-refractivity contribution in [1.82, 2.24) is 19.4 Å². The fourth-order valence-electron chi connectivity index (χ4n) is 4.85. The maximum absolute atomic E-state index is 13.8. The van der Waals surface area contributed by atoms with Crippen LogP contribution in [0.25, 0.3) is 5.69 Å². The molecule has 1 N–H and O–H groups in total. The number of amides is 1. The van der Waals surface area contributed by atoms with Gasteiger partial charge in [0.05, 0.1) is 17.6 Å². The standard InChI is InChI=1S/C22H30N4O3S/c1-7-20(27)24-17-13-21(3,4)26(22(5,6)14-17)30(28,29)19-15-23-25(16(19)2)18-11-9-8-10-12-18/h7-12,15,17H,1,13-14H2,2-6H3,(H,24,27). The summed E-state index contributed by atoms with van der Waals surface area (Å²) in [5.74, 6) is -0.247. The van der Waals surface area contributed by atoms with Gasteiger partial charge in [0.25, 0.3) is 0 Å². The first kappa shape index (κ1) is 22.2. The Morgan fingerprint density at radius 3 is 2.27 bits per heavy atom. The zero-order valence-electron chi connectivity index (χ0n) is 18.2. The summed E-state index contributed by atoms with van der Waals surface area (Å²) in [4.78, 5) is 12.0. The quantitative estimate of drug-likeness (QED) is 0.739. The van der Waals surface area contributed by atoms with E-state index in [0.717, 1.165) is 5.69 Å². The number of piperidine rings is 1. The van der Waals surface area contributed by atoms with Gasteiger partial charge in [-0.2, -0.15) is 9.40 Å². The van der Waals surface area contributed by atoms with Gasteiger partial charge < -0.3 is 5.32 Å². The predicted molar refractivity (Wildman–Crippen MR) is 117 cm³/mol. The highest BCUT2D eigenvalue weighted by atomic mass is 32.2. The van der Waals surface area contributed by atoms with Crippen LogP contribution in [0, 0.1) is 6.92 Å². The lowest BCUT2D eigenvalue weighted by Crippen LogP contribution is -2.65. The second-order valence-corrected chi connectivity index (χ2v) is 10.8. The molecular weight excluding hydrogens is 400 g/mol. The van der Waals surface area contributed by atoms with Gasteiger partial charge in [-0.3, -0.25) is 4.79 Å². The summed E-state index contributed by atoms with van der Waals surface area (Å²) in [5, 5.41) is 7.28. The summed E-state index contributed by atoms with van der Waals surface area (Å²) in [7, 11) is -3.84. The SMILES string of the molecule is C=CC(=O)NC1CC(C)(C)N(S(=O)(=O)c2cnn(-c3ccccc3)c2C)C(C)(C)C1. The minimum atomic E-state index is -3.84. The average Bonchev–Trinajstić information content (AvgIpc) is 3.02. The molecule has 1 aliphatic rings. The monoisotopic (exact) mass is 430 g/mol. The van der Waals surface area contributed by atoms with Crippen LogP contribution >= 0.6 is 0 Å². The fraction of sp³-hybridized carbons (Fsp3) is 0.455. The highest BCUT2D eigenvalue weighted by Gasteiger charge is 2.52. The molecule has 0 aliphatic carbocycles. The Balaban J connectivity index is 2.01. The molecule has 1 amide bonds. The summed E-state index contributed by atoms with van der Waals surface area (Å²) in [6.07, 6.45) is 3.67. The third-order valence-electron chi connectivity index (χ3n) is 5.61. The summed E-state index contributed by atoms with van der Waals surface area (Å²) < 4.78 is 30.9. The van der Waals surface area contributed by atoms with Crippen molar-refractivity contribution in [3.05, 3.63) is 54.9 Å². The van der Waals surface area contributed by atoms with E-state index in [1.165, 1.54) is 12.3 Å². The van der Waals surface area contributed by atoms with Crippen LogP contribution in [0.1, 0.15) is 46.2 Å². The van der Waals surface area contributed by atoms with Crippen molar-refractivity contribution >= 4 is 15.9 Å². The average molecular weight is 431 g/mol. The molecule has 3 rings (SSSR count). The molecule has 2 heterocycles. The van der Waals surface area contributed by atoms with E-state index in [1.807, 2.05) is 58.0 Å². The number of carbonyl (C=O) groups excluding carboxylic acids is 1. The summed E-state index contributed by atoms with van der Waals surface area (Å²) in [6, 6.07) is 9.31. The van der Waals surface area contributed by atoms with Gasteiger partial charge in [-0.1, -0.05) is 24.8 Å². The van der Waals surface area contributed by atoms with Crippen molar-refractivity contribution in [2.75, 3.05) is 0 Å².